The zero-order valence-corrected chi connectivity index (χ0v) is 11.1. The molecule has 0 aliphatic carbocycles. The number of nitrogens with one attached hydrogen (secondary N) is 1. The van der Waals surface area contributed by atoms with Gasteiger partial charge in [-0.25, -0.2) is 0 Å². The highest BCUT2D eigenvalue weighted by Gasteiger charge is 2.23. The fourth-order valence-electron chi connectivity index (χ4n) is 2.30. The zero-order chi connectivity index (χ0) is 13.7. The largest absolute Gasteiger partial charge is 0.348 e. The van der Waals surface area contributed by atoms with Crippen molar-refractivity contribution in [3.63, 3.8) is 0 Å². The number of rotatable bonds is 5. The molecule has 5 heteroatoms. The molecule has 2 rings (SSSR count). The van der Waals surface area contributed by atoms with Crippen molar-refractivity contribution < 1.29 is 9.59 Å². The second kappa shape index (κ2) is 6.31. The minimum atomic E-state index is -0.0982. The Bertz CT molecular complexity index is 447. The van der Waals surface area contributed by atoms with E-state index in [1.54, 1.807) is 17.3 Å². The molecule has 0 radical (unpaired) electrons. The molecule has 0 spiro atoms. The lowest BCUT2D eigenvalue weighted by Crippen LogP contribution is -2.39. The van der Waals surface area contributed by atoms with Gasteiger partial charge in [-0.2, -0.15) is 0 Å². The first kappa shape index (κ1) is 13.5. The van der Waals surface area contributed by atoms with Crippen molar-refractivity contribution in [2.75, 3.05) is 13.1 Å². The Kier molecular flexibility index (Phi) is 4.49. The number of likely N-dealkylation sites (tertiary alicyclic amines) is 1. The van der Waals surface area contributed by atoms with Gasteiger partial charge in [-0.15, -0.1) is 0 Å². The van der Waals surface area contributed by atoms with Gasteiger partial charge in [0.2, 0.25) is 11.8 Å². The van der Waals surface area contributed by atoms with Crippen LogP contribution in [0.1, 0.15) is 37.8 Å². The van der Waals surface area contributed by atoms with Crippen LogP contribution in [0.2, 0.25) is 0 Å². The molecule has 1 atom stereocenters. The molecule has 5 nitrogen and oxygen atoms in total. The van der Waals surface area contributed by atoms with Crippen molar-refractivity contribution in [3.05, 3.63) is 30.1 Å². The van der Waals surface area contributed by atoms with Gasteiger partial charge in [0.1, 0.15) is 0 Å². The molecular weight excluding hydrogens is 242 g/mol. The van der Waals surface area contributed by atoms with E-state index in [2.05, 4.69) is 10.3 Å². The number of carbonyl (C=O) groups excluding carboxylic acids is 2. The van der Waals surface area contributed by atoms with E-state index in [-0.39, 0.29) is 24.4 Å². The first-order chi connectivity index (χ1) is 9.20. The van der Waals surface area contributed by atoms with Crippen LogP contribution in [0.25, 0.3) is 0 Å². The Morgan fingerprint density at radius 2 is 2.21 bits per heavy atom. The standard InChI is InChI=1S/C14H19N3O2/c1-2-12(11-5-7-15-8-6-11)16-13(18)10-17-9-3-4-14(17)19/h5-8,12H,2-4,9-10H2,1H3,(H,16,18). The van der Waals surface area contributed by atoms with Crippen LogP contribution >= 0.6 is 0 Å². The summed E-state index contributed by atoms with van der Waals surface area (Å²) in [6.45, 7) is 2.88. The molecule has 1 aliphatic heterocycles. The summed E-state index contributed by atoms with van der Waals surface area (Å²) in [7, 11) is 0. The van der Waals surface area contributed by atoms with Crippen LogP contribution in [0.3, 0.4) is 0 Å². The summed E-state index contributed by atoms with van der Waals surface area (Å²) < 4.78 is 0. The summed E-state index contributed by atoms with van der Waals surface area (Å²) in [4.78, 5) is 29.0. The van der Waals surface area contributed by atoms with Gasteiger partial charge < -0.3 is 10.2 Å². The number of pyridine rings is 1. The van der Waals surface area contributed by atoms with Crippen molar-refractivity contribution in [1.82, 2.24) is 15.2 Å². The zero-order valence-electron chi connectivity index (χ0n) is 11.1. The molecule has 2 amide bonds. The molecule has 2 heterocycles. The van der Waals surface area contributed by atoms with Crippen LogP contribution in [0.15, 0.2) is 24.5 Å². The molecule has 0 aromatic carbocycles. The minimum Gasteiger partial charge on any atom is -0.348 e. The fraction of sp³-hybridized carbons (Fsp3) is 0.500. The van der Waals surface area contributed by atoms with Gasteiger partial charge in [0, 0.05) is 25.4 Å². The minimum absolute atomic E-state index is 0.0202. The highest BCUT2D eigenvalue weighted by Crippen LogP contribution is 2.15. The fourth-order valence-corrected chi connectivity index (χ4v) is 2.30. The Hall–Kier alpha value is -1.91. The van der Waals surface area contributed by atoms with Crippen LogP contribution in [0, 0.1) is 0 Å². The SMILES string of the molecule is CCC(NC(=O)CN1CCCC1=O)c1ccncc1. The number of amides is 2. The van der Waals surface area contributed by atoms with Crippen LogP contribution in [0.5, 0.6) is 0 Å². The first-order valence-electron chi connectivity index (χ1n) is 6.67. The summed E-state index contributed by atoms with van der Waals surface area (Å²) in [5.41, 5.74) is 1.04. The predicted molar refractivity (Wildman–Crippen MR) is 71.2 cm³/mol. The van der Waals surface area contributed by atoms with Gasteiger partial charge in [0.05, 0.1) is 12.6 Å². The van der Waals surface area contributed by atoms with Gasteiger partial charge in [0.25, 0.3) is 0 Å². The quantitative estimate of drug-likeness (QED) is 0.868. The summed E-state index contributed by atoms with van der Waals surface area (Å²) in [6, 6.07) is 3.78. The third kappa shape index (κ3) is 3.53. The van der Waals surface area contributed by atoms with E-state index in [1.165, 1.54) is 0 Å². The molecule has 102 valence electrons. The smallest absolute Gasteiger partial charge is 0.240 e. The van der Waals surface area contributed by atoms with Crippen molar-refractivity contribution in [1.29, 1.82) is 0 Å². The van der Waals surface area contributed by atoms with Crippen molar-refractivity contribution >= 4 is 11.8 Å². The van der Waals surface area contributed by atoms with Crippen molar-refractivity contribution in [3.8, 4) is 0 Å². The molecule has 1 aromatic rings. The maximum Gasteiger partial charge on any atom is 0.240 e. The number of nitrogens with zero attached hydrogens (tertiary/aromatic N) is 2. The average molecular weight is 261 g/mol. The Morgan fingerprint density at radius 1 is 1.47 bits per heavy atom. The summed E-state index contributed by atoms with van der Waals surface area (Å²) in [5, 5.41) is 2.97. The molecule has 1 saturated heterocycles. The van der Waals surface area contributed by atoms with Gasteiger partial charge in [-0.05, 0) is 30.5 Å². The van der Waals surface area contributed by atoms with Crippen molar-refractivity contribution in [2.45, 2.75) is 32.2 Å². The lowest BCUT2D eigenvalue weighted by molar-refractivity contribution is -0.133. The van der Waals surface area contributed by atoms with Crippen LogP contribution in [-0.2, 0) is 9.59 Å². The van der Waals surface area contributed by atoms with Gasteiger partial charge in [-0.1, -0.05) is 6.92 Å². The van der Waals surface area contributed by atoms with Gasteiger partial charge >= 0.3 is 0 Å². The molecule has 1 fully saturated rings. The third-order valence-corrected chi connectivity index (χ3v) is 3.36. The number of aromatic nitrogens is 1. The average Bonchev–Trinajstić information content (AvgIpc) is 2.82. The van der Waals surface area contributed by atoms with Gasteiger partial charge in [-0.3, -0.25) is 14.6 Å². The first-order valence-corrected chi connectivity index (χ1v) is 6.67. The number of hydrogen-bond donors (Lipinski definition) is 1. The molecule has 1 N–H and O–H groups in total. The number of hydrogen-bond acceptors (Lipinski definition) is 3. The molecule has 19 heavy (non-hydrogen) atoms. The normalized spacial score (nSPS) is 16.5. The maximum atomic E-state index is 12.0. The predicted octanol–water partition coefficient (Wildman–Crippen LogP) is 1.27. The van der Waals surface area contributed by atoms with Crippen molar-refractivity contribution in [2.24, 2.45) is 0 Å². The van der Waals surface area contributed by atoms with Crippen LogP contribution in [0.4, 0.5) is 0 Å². The monoisotopic (exact) mass is 261 g/mol. The molecule has 1 aliphatic rings. The Labute approximate surface area is 113 Å². The molecule has 0 saturated carbocycles. The summed E-state index contributed by atoms with van der Waals surface area (Å²) in [5.74, 6) is -0.0222. The lowest BCUT2D eigenvalue weighted by Gasteiger charge is -2.20. The highest BCUT2D eigenvalue weighted by molar-refractivity contribution is 5.86. The van der Waals surface area contributed by atoms with E-state index < -0.39 is 0 Å². The van der Waals surface area contributed by atoms with E-state index in [9.17, 15) is 9.59 Å². The second-order valence-corrected chi connectivity index (χ2v) is 4.73. The third-order valence-electron chi connectivity index (χ3n) is 3.36. The van der Waals surface area contributed by atoms with Gasteiger partial charge in [0.15, 0.2) is 0 Å². The molecular formula is C14H19N3O2. The number of carbonyl (C=O) groups is 2. The van der Waals surface area contributed by atoms with E-state index >= 15 is 0 Å². The summed E-state index contributed by atoms with van der Waals surface area (Å²) in [6.07, 6.45) is 5.66. The summed E-state index contributed by atoms with van der Waals surface area (Å²) >= 11 is 0. The topological polar surface area (TPSA) is 62.3 Å². The Morgan fingerprint density at radius 3 is 2.79 bits per heavy atom. The van der Waals surface area contributed by atoms with E-state index in [4.69, 9.17) is 0 Å². The highest BCUT2D eigenvalue weighted by atomic mass is 16.2. The molecule has 1 aromatic heterocycles. The maximum absolute atomic E-state index is 12.0. The Balaban J connectivity index is 1.91. The van der Waals surface area contributed by atoms with Crippen LogP contribution < -0.4 is 5.32 Å². The van der Waals surface area contributed by atoms with E-state index in [0.29, 0.717) is 13.0 Å². The van der Waals surface area contributed by atoms with Crippen LogP contribution in [-0.4, -0.2) is 34.8 Å². The van der Waals surface area contributed by atoms with E-state index in [1.807, 2.05) is 19.1 Å². The van der Waals surface area contributed by atoms with E-state index in [0.717, 1.165) is 18.4 Å². The molecule has 1 unspecified atom stereocenters. The molecule has 0 bridgehead atoms. The lowest BCUT2D eigenvalue weighted by atomic mass is 10.1. The second-order valence-electron chi connectivity index (χ2n) is 4.73.